The molecular weight excluding hydrogens is 1120 g/mol. The molecule has 0 heterocycles. The summed E-state index contributed by atoms with van der Waals surface area (Å²) < 4.78 is 30.4. The van der Waals surface area contributed by atoms with E-state index in [1.54, 1.807) is 0 Å². The van der Waals surface area contributed by atoms with Crippen molar-refractivity contribution in [3.05, 3.63) is 146 Å². The number of carbonyl (C=O) groups excluding carboxylic acids is 2. The van der Waals surface area contributed by atoms with Crippen LogP contribution in [0.15, 0.2) is 146 Å². The van der Waals surface area contributed by atoms with Gasteiger partial charge in [0.1, 0.15) is 19.3 Å². The normalized spacial score (nSPS) is 14.4. The van der Waals surface area contributed by atoms with E-state index in [0.717, 1.165) is 161 Å². The molecule has 0 bridgehead atoms. The molecule has 1 N–H and O–H groups in total. The zero-order chi connectivity index (χ0) is 64.9. The monoisotopic (exact) mass is 1260 g/mol. The number of allylic oxidation sites excluding steroid dienone is 23. The van der Waals surface area contributed by atoms with Crippen molar-refractivity contribution in [3.63, 3.8) is 0 Å². The number of nitrogens with zero attached hydrogens (tertiary/aromatic N) is 1. The number of carbonyl (C=O) groups is 2. The molecule has 9 nitrogen and oxygen atoms in total. The number of amides is 1. The van der Waals surface area contributed by atoms with Gasteiger partial charge in [-0.3, -0.25) is 14.2 Å². The van der Waals surface area contributed by atoms with Crippen LogP contribution in [0.5, 0.6) is 0 Å². The standard InChI is InChI=1S/C79H135N2O7P/c1-7-10-13-16-19-22-25-27-29-31-33-35-37-39-40-42-43-45-47-49-51-53-56-59-62-65-68-71-78(82)80-76(75-87-89(84,85)86-74-73-81(4,5)6)77(70-67-64-61-58-55-24-21-18-15-12-9-3)88-79(83)72-69-66-63-60-57-54-52-50-48-46-44-41-38-36-34-32-30-28-26-23-20-17-14-11-8-2/h10-11,13-14,19-20,22-23,27-30,33-36,39-41,44,48,50,67,70,76-77H,7-9,12,15-18,21,24-26,31-32,37-38,42-43,45-47,49,51-66,68-69,71-75H2,1-6H3,(H-,80,82,84,85)/b13-10-,14-11-,22-19-,23-20-,29-27-,30-28-,35-33-,36-34-,40-39-,44-41-,50-48-,70-67+. The van der Waals surface area contributed by atoms with E-state index in [2.05, 4.69) is 160 Å². The molecule has 0 aromatic rings. The Morgan fingerprint density at radius 1 is 0.404 bits per heavy atom. The van der Waals surface area contributed by atoms with E-state index < -0.39 is 26.6 Å². The molecule has 508 valence electrons. The van der Waals surface area contributed by atoms with Crippen molar-refractivity contribution in [2.45, 2.75) is 303 Å². The summed E-state index contributed by atoms with van der Waals surface area (Å²) in [7, 11) is 1.16. The molecule has 0 aromatic carbocycles. The molecule has 0 radical (unpaired) electrons. The number of phosphoric ester groups is 1. The van der Waals surface area contributed by atoms with Gasteiger partial charge in [0.05, 0.1) is 33.8 Å². The second-order valence-corrected chi connectivity index (χ2v) is 26.4. The second kappa shape index (κ2) is 66.8. The highest BCUT2D eigenvalue weighted by Crippen LogP contribution is 2.38. The Morgan fingerprint density at radius 2 is 0.719 bits per heavy atom. The van der Waals surface area contributed by atoms with Crippen molar-refractivity contribution >= 4 is 19.7 Å². The molecule has 0 aliphatic carbocycles. The van der Waals surface area contributed by atoms with Crippen LogP contribution in [0, 0.1) is 0 Å². The summed E-state index contributed by atoms with van der Waals surface area (Å²) >= 11 is 0. The zero-order valence-corrected chi connectivity index (χ0v) is 59.0. The van der Waals surface area contributed by atoms with E-state index >= 15 is 0 Å². The highest BCUT2D eigenvalue weighted by Gasteiger charge is 2.27. The largest absolute Gasteiger partial charge is 0.756 e. The molecule has 10 heteroatoms. The molecule has 0 aliphatic heterocycles. The first-order valence-electron chi connectivity index (χ1n) is 36.1. The molecule has 0 saturated heterocycles. The third kappa shape index (κ3) is 68.1. The van der Waals surface area contributed by atoms with E-state index in [-0.39, 0.29) is 24.9 Å². The molecule has 0 spiro atoms. The number of nitrogens with one attached hydrogen (secondary N) is 1. The van der Waals surface area contributed by atoms with Crippen molar-refractivity contribution < 1.29 is 37.3 Å². The van der Waals surface area contributed by atoms with Crippen molar-refractivity contribution in [2.75, 3.05) is 40.9 Å². The quantitative estimate of drug-likeness (QED) is 0.0212. The number of phosphoric acid groups is 1. The minimum absolute atomic E-state index is 0.0329. The van der Waals surface area contributed by atoms with E-state index in [0.29, 0.717) is 23.9 Å². The molecule has 0 rings (SSSR count). The lowest BCUT2D eigenvalue weighted by Gasteiger charge is -2.30. The number of ether oxygens (including phenoxy) is 1. The topological polar surface area (TPSA) is 114 Å². The van der Waals surface area contributed by atoms with Gasteiger partial charge in [-0.2, -0.15) is 0 Å². The van der Waals surface area contributed by atoms with Gasteiger partial charge in [-0.05, 0) is 128 Å². The average Bonchev–Trinajstić information content (AvgIpc) is 3.64. The molecule has 89 heavy (non-hydrogen) atoms. The van der Waals surface area contributed by atoms with E-state index in [4.69, 9.17) is 13.8 Å². The van der Waals surface area contributed by atoms with Gasteiger partial charge in [0.25, 0.3) is 7.82 Å². The van der Waals surface area contributed by atoms with Crippen LogP contribution in [0.4, 0.5) is 0 Å². The lowest BCUT2D eigenvalue weighted by atomic mass is 10.0. The van der Waals surface area contributed by atoms with E-state index in [9.17, 15) is 19.0 Å². The smallest absolute Gasteiger partial charge is 0.306 e. The number of rotatable bonds is 64. The van der Waals surface area contributed by atoms with E-state index in [1.807, 2.05) is 33.3 Å². The molecule has 3 atom stereocenters. The second-order valence-electron chi connectivity index (χ2n) is 25.0. The first-order chi connectivity index (χ1) is 43.4. The number of likely N-dealkylation sites (N-methyl/N-ethyl adjacent to an activating group) is 1. The summed E-state index contributed by atoms with van der Waals surface area (Å²) in [5.41, 5.74) is 0. The first-order valence-corrected chi connectivity index (χ1v) is 37.6. The Labute approximate surface area is 548 Å². The molecule has 3 unspecified atom stereocenters. The maximum Gasteiger partial charge on any atom is 0.306 e. The summed E-state index contributed by atoms with van der Waals surface area (Å²) in [6.45, 7) is 6.60. The summed E-state index contributed by atoms with van der Waals surface area (Å²) in [5.74, 6) is -0.567. The number of hydrogen-bond acceptors (Lipinski definition) is 7. The predicted octanol–water partition coefficient (Wildman–Crippen LogP) is 22.7. The van der Waals surface area contributed by atoms with Gasteiger partial charge < -0.3 is 28.5 Å². The molecule has 1 amide bonds. The zero-order valence-electron chi connectivity index (χ0n) is 58.1. The van der Waals surface area contributed by atoms with Gasteiger partial charge in [-0.15, -0.1) is 0 Å². The van der Waals surface area contributed by atoms with Gasteiger partial charge in [-0.25, -0.2) is 0 Å². The van der Waals surface area contributed by atoms with Crippen LogP contribution in [-0.2, 0) is 27.9 Å². The van der Waals surface area contributed by atoms with Crippen molar-refractivity contribution in [3.8, 4) is 0 Å². The maximum absolute atomic E-state index is 13.6. The minimum atomic E-state index is -4.72. The predicted molar refractivity (Wildman–Crippen MR) is 385 cm³/mol. The van der Waals surface area contributed by atoms with Gasteiger partial charge in [0.15, 0.2) is 0 Å². The summed E-state index contributed by atoms with van der Waals surface area (Å²) in [6, 6.07) is -0.908. The number of esters is 1. The van der Waals surface area contributed by atoms with Crippen LogP contribution in [0.1, 0.15) is 290 Å². The molecule has 0 aromatic heterocycles. The summed E-state index contributed by atoms with van der Waals surface area (Å²) in [4.78, 5) is 40.2. The van der Waals surface area contributed by atoms with Crippen molar-refractivity contribution in [1.82, 2.24) is 5.32 Å². The minimum Gasteiger partial charge on any atom is -0.756 e. The Balaban J connectivity index is 5.06. The van der Waals surface area contributed by atoms with Crippen LogP contribution in [0.25, 0.3) is 0 Å². The van der Waals surface area contributed by atoms with Crippen LogP contribution in [-0.4, -0.2) is 69.4 Å². The van der Waals surface area contributed by atoms with Gasteiger partial charge in [0, 0.05) is 12.8 Å². The third-order valence-corrected chi connectivity index (χ3v) is 16.2. The summed E-state index contributed by atoms with van der Waals surface area (Å²) in [5, 5.41) is 3.03. The molecule has 0 fully saturated rings. The number of quaternary nitrogens is 1. The lowest BCUT2D eigenvalue weighted by molar-refractivity contribution is -0.870. The third-order valence-electron chi connectivity index (χ3n) is 15.3. The van der Waals surface area contributed by atoms with Crippen LogP contribution in [0.3, 0.4) is 0 Å². The lowest BCUT2D eigenvalue weighted by Crippen LogP contribution is -2.47. The highest BCUT2D eigenvalue weighted by atomic mass is 31.2. The Hall–Kier alpha value is -4.11. The molecular formula is C79H135N2O7P. The Kier molecular flexibility index (Phi) is 63.7. The van der Waals surface area contributed by atoms with Crippen molar-refractivity contribution in [2.24, 2.45) is 0 Å². The average molecular weight is 1260 g/mol. The summed E-state index contributed by atoms with van der Waals surface area (Å²) in [6.07, 6.45) is 96.9. The van der Waals surface area contributed by atoms with Crippen LogP contribution >= 0.6 is 7.82 Å². The first kappa shape index (κ1) is 84.9. The SMILES string of the molecule is CC/C=C\C/C=C\C/C=C\C/C=C\C/C=C\C/C=C\CCCCCCCCC(=O)OC(/C=C/CCCCCCCCCCC)C(COP(=O)([O-])OCC[N+](C)(C)C)NC(=O)CCCCCCCCCCCCC/C=C\C/C=C\C/C=C\C/C=C\C/C=C\CC. The number of hydrogen-bond donors (Lipinski definition) is 1. The fraction of sp³-hybridized carbons (Fsp3) is 0.671. The number of unbranched alkanes of at least 4 members (excludes halogenated alkanes) is 26. The van der Waals surface area contributed by atoms with Crippen LogP contribution in [0.2, 0.25) is 0 Å². The highest BCUT2D eigenvalue weighted by molar-refractivity contribution is 7.45. The van der Waals surface area contributed by atoms with Gasteiger partial charge in [-0.1, -0.05) is 295 Å². The fourth-order valence-corrected chi connectivity index (χ4v) is 10.5. The molecule has 0 saturated carbocycles. The fourth-order valence-electron chi connectivity index (χ4n) is 9.79. The van der Waals surface area contributed by atoms with Gasteiger partial charge >= 0.3 is 5.97 Å². The molecule has 0 aliphatic rings. The van der Waals surface area contributed by atoms with E-state index in [1.165, 1.54) is 89.9 Å². The van der Waals surface area contributed by atoms with Crippen LogP contribution < -0.4 is 10.2 Å². The van der Waals surface area contributed by atoms with Gasteiger partial charge in [0.2, 0.25) is 5.91 Å². The Morgan fingerprint density at radius 3 is 1.08 bits per heavy atom. The maximum atomic E-state index is 13.6. The van der Waals surface area contributed by atoms with Crippen molar-refractivity contribution in [1.29, 1.82) is 0 Å². The Bertz CT molecular complexity index is 2030.